The molecule has 2 aromatic heterocycles. The zero-order valence-corrected chi connectivity index (χ0v) is 6.36. The van der Waals surface area contributed by atoms with Gasteiger partial charge in [-0.3, -0.25) is 4.98 Å². The molecule has 0 radical (unpaired) electrons. The lowest BCUT2D eigenvalue weighted by Crippen LogP contribution is -1.79. The summed E-state index contributed by atoms with van der Waals surface area (Å²) in [6, 6.07) is -0.0245. The molecule has 0 fully saturated rings. The molecule has 0 aliphatic rings. The first-order valence-corrected chi connectivity index (χ1v) is 3.38. The summed E-state index contributed by atoms with van der Waals surface area (Å²) in [6.45, 7) is 0. The van der Waals surface area contributed by atoms with Gasteiger partial charge in [-0.05, 0) is 22.0 Å². The standard InChI is InChI=1S/C6H4BrN3/c7-5-3-9-4-1-2-8-6(4)10-5/h1-3H,(H,8,10)/i1D,2D,3D. The number of hydrogen-bond donors (Lipinski definition) is 1. The third-order valence-electron chi connectivity index (χ3n) is 1.06. The van der Waals surface area contributed by atoms with Gasteiger partial charge < -0.3 is 4.98 Å². The third kappa shape index (κ3) is 0.806. The predicted molar refractivity (Wildman–Crippen MR) is 41.6 cm³/mol. The van der Waals surface area contributed by atoms with Crippen LogP contribution in [-0.4, -0.2) is 15.0 Å². The highest BCUT2D eigenvalue weighted by atomic mass is 79.9. The van der Waals surface area contributed by atoms with Gasteiger partial charge in [0, 0.05) is 6.17 Å². The van der Waals surface area contributed by atoms with Gasteiger partial charge in [-0.1, -0.05) is 0 Å². The summed E-state index contributed by atoms with van der Waals surface area (Å²) < 4.78 is 22.3. The maximum absolute atomic E-state index is 7.42. The minimum atomic E-state index is -0.0347. The van der Waals surface area contributed by atoms with Crippen LogP contribution in [0.2, 0.25) is 0 Å². The second-order valence-corrected chi connectivity index (χ2v) is 2.45. The van der Waals surface area contributed by atoms with E-state index in [1.165, 1.54) is 0 Å². The van der Waals surface area contributed by atoms with Crippen LogP contribution >= 0.6 is 15.9 Å². The molecule has 2 heterocycles. The highest BCUT2D eigenvalue weighted by Crippen LogP contribution is 2.09. The first-order valence-electron chi connectivity index (χ1n) is 4.08. The maximum Gasteiger partial charge on any atom is 0.157 e. The predicted octanol–water partition coefficient (Wildman–Crippen LogP) is 1.72. The van der Waals surface area contributed by atoms with Gasteiger partial charge in [0.05, 0.1) is 10.3 Å². The summed E-state index contributed by atoms with van der Waals surface area (Å²) in [5.41, 5.74) is 0.621. The number of aromatic nitrogens is 3. The Kier molecular flexibility index (Phi) is 0.715. The van der Waals surface area contributed by atoms with Crippen LogP contribution in [-0.2, 0) is 0 Å². The normalized spacial score (nSPS) is 14.7. The largest absolute Gasteiger partial charge is 0.345 e. The fourth-order valence-electron chi connectivity index (χ4n) is 0.655. The van der Waals surface area contributed by atoms with Crippen molar-refractivity contribution in [2.24, 2.45) is 0 Å². The molecule has 0 aliphatic heterocycles. The molecule has 0 amide bonds. The van der Waals surface area contributed by atoms with Crippen LogP contribution in [0, 0.1) is 0 Å². The van der Waals surface area contributed by atoms with Gasteiger partial charge in [-0.15, -0.1) is 0 Å². The number of H-pyrrole nitrogens is 1. The Balaban J connectivity index is 2.89. The first-order chi connectivity index (χ1) is 6.09. The summed E-state index contributed by atoms with van der Waals surface area (Å²) in [6.07, 6.45) is -0.0625. The first kappa shape index (κ1) is 3.48. The number of fused-ring (bicyclic) bond motifs is 1. The van der Waals surface area contributed by atoms with Crippen molar-refractivity contribution in [1.29, 1.82) is 0 Å². The van der Waals surface area contributed by atoms with Crippen molar-refractivity contribution >= 4 is 27.1 Å². The smallest absolute Gasteiger partial charge is 0.157 e. The minimum absolute atomic E-state index is 0.0245. The van der Waals surface area contributed by atoms with Gasteiger partial charge in [-0.25, -0.2) is 4.98 Å². The van der Waals surface area contributed by atoms with E-state index in [2.05, 4.69) is 30.9 Å². The SMILES string of the molecule is [2H]c1nc2c([2H])c([2H])[nH]c2nc1Br. The van der Waals surface area contributed by atoms with Gasteiger partial charge in [0.25, 0.3) is 0 Å². The van der Waals surface area contributed by atoms with Crippen molar-refractivity contribution in [1.82, 2.24) is 15.0 Å². The fourth-order valence-corrected chi connectivity index (χ4v) is 0.921. The Labute approximate surface area is 69.8 Å². The highest BCUT2D eigenvalue weighted by Gasteiger charge is 1.95. The molecule has 0 aromatic carbocycles. The molecule has 3 nitrogen and oxygen atoms in total. The number of aromatic amines is 1. The molecule has 0 bridgehead atoms. The lowest BCUT2D eigenvalue weighted by molar-refractivity contribution is 1.22. The van der Waals surface area contributed by atoms with Crippen LogP contribution in [0.4, 0.5) is 0 Å². The molecule has 0 unspecified atom stereocenters. The zero-order valence-electron chi connectivity index (χ0n) is 7.77. The van der Waals surface area contributed by atoms with E-state index in [-0.39, 0.29) is 23.9 Å². The van der Waals surface area contributed by atoms with Crippen LogP contribution in [0.25, 0.3) is 11.2 Å². The second-order valence-electron chi connectivity index (χ2n) is 1.70. The Bertz CT molecular complexity index is 481. The van der Waals surface area contributed by atoms with E-state index in [0.717, 1.165) is 0 Å². The Morgan fingerprint density at radius 2 is 2.60 bits per heavy atom. The van der Waals surface area contributed by atoms with Crippen LogP contribution in [0.1, 0.15) is 4.11 Å². The molecule has 0 aliphatic carbocycles. The van der Waals surface area contributed by atoms with Crippen molar-refractivity contribution in [2.75, 3.05) is 0 Å². The molecular weight excluding hydrogens is 194 g/mol. The zero-order chi connectivity index (χ0) is 9.59. The van der Waals surface area contributed by atoms with Crippen LogP contribution in [0.15, 0.2) is 23.0 Å². The van der Waals surface area contributed by atoms with E-state index in [1.807, 2.05) is 0 Å². The third-order valence-corrected chi connectivity index (χ3v) is 1.41. The van der Waals surface area contributed by atoms with Gasteiger partial charge in [0.1, 0.15) is 10.1 Å². The highest BCUT2D eigenvalue weighted by molar-refractivity contribution is 9.10. The molecule has 0 spiro atoms. The van der Waals surface area contributed by atoms with Gasteiger partial charge in [0.15, 0.2) is 5.65 Å². The number of hydrogen-bond acceptors (Lipinski definition) is 2. The van der Waals surface area contributed by atoms with Gasteiger partial charge in [0.2, 0.25) is 0 Å². The average Bonchev–Trinajstić information content (AvgIpc) is 2.32. The van der Waals surface area contributed by atoms with Crippen molar-refractivity contribution in [2.45, 2.75) is 0 Å². The monoisotopic (exact) mass is 200 g/mol. The van der Waals surface area contributed by atoms with E-state index in [9.17, 15) is 0 Å². The van der Waals surface area contributed by atoms with Crippen molar-refractivity contribution in [3.8, 4) is 0 Å². The van der Waals surface area contributed by atoms with Gasteiger partial charge in [-0.2, -0.15) is 0 Å². The Morgan fingerprint density at radius 3 is 3.50 bits per heavy atom. The number of rotatable bonds is 0. The molecule has 50 valence electrons. The second kappa shape index (κ2) is 2.05. The molecule has 2 aromatic rings. The number of nitrogens with zero attached hydrogens (tertiary/aromatic N) is 2. The molecule has 0 atom stereocenters. The number of halogens is 1. The van der Waals surface area contributed by atoms with Crippen LogP contribution < -0.4 is 0 Å². The lowest BCUT2D eigenvalue weighted by Gasteiger charge is -1.87. The average molecular weight is 201 g/mol. The maximum atomic E-state index is 7.42. The van der Waals surface area contributed by atoms with Crippen molar-refractivity contribution < 1.29 is 4.11 Å². The lowest BCUT2D eigenvalue weighted by atomic mass is 10.5. The fraction of sp³-hybridized carbons (Fsp3) is 0. The minimum Gasteiger partial charge on any atom is -0.345 e. The summed E-state index contributed by atoms with van der Waals surface area (Å²) >= 11 is 3.05. The molecular formula is C6H4BrN3. The topological polar surface area (TPSA) is 41.6 Å². The van der Waals surface area contributed by atoms with E-state index < -0.39 is 0 Å². The van der Waals surface area contributed by atoms with Crippen LogP contribution in [0.5, 0.6) is 0 Å². The molecule has 2 rings (SSSR count). The molecule has 10 heavy (non-hydrogen) atoms. The van der Waals surface area contributed by atoms with Crippen LogP contribution in [0.3, 0.4) is 0 Å². The molecule has 0 saturated carbocycles. The molecule has 4 heteroatoms. The Hall–Kier alpha value is -0.900. The van der Waals surface area contributed by atoms with E-state index in [1.54, 1.807) is 0 Å². The summed E-state index contributed by atoms with van der Waals surface area (Å²) in [5, 5.41) is 0. The molecule has 0 saturated heterocycles. The summed E-state index contributed by atoms with van der Waals surface area (Å²) in [5.74, 6) is 0. The van der Waals surface area contributed by atoms with Gasteiger partial charge >= 0.3 is 0 Å². The van der Waals surface area contributed by atoms with Crippen molar-refractivity contribution in [3.05, 3.63) is 23.0 Å². The summed E-state index contributed by atoms with van der Waals surface area (Å²) in [4.78, 5) is 10.3. The quantitative estimate of drug-likeness (QED) is 0.704. The van der Waals surface area contributed by atoms with E-state index >= 15 is 0 Å². The number of nitrogens with one attached hydrogen (secondary N) is 1. The molecule has 1 N–H and O–H groups in total. The van der Waals surface area contributed by atoms with E-state index in [4.69, 9.17) is 4.11 Å². The summed E-state index contributed by atoms with van der Waals surface area (Å²) in [7, 11) is 0. The van der Waals surface area contributed by atoms with E-state index in [0.29, 0.717) is 10.3 Å². The Morgan fingerprint density at radius 1 is 1.70 bits per heavy atom. The van der Waals surface area contributed by atoms with Crippen molar-refractivity contribution in [3.63, 3.8) is 0 Å².